The standard InChI is InChI=1S/C40H50N7O10P/c1-4-53-37(48)32(23-28-15-9-6-10-16-28)45-58(51,46-33(38(49)54-5-2)24-29-17-11-7-12-18-29)27-57-31(26-56-30-19-13-8-14-20-30)25-47-36-34(42-40(47)50)35(41)43-39(44-36)55-22-21-52-3/h6-20,31-33H,4-5,21-27H2,1-3H3,(H,42,50)(H2,41,43,44)(H2,45,46,51)/t31-,32+,33+/m1/s1. The molecule has 0 amide bonds. The van der Waals surface area contributed by atoms with Gasteiger partial charge in [0.15, 0.2) is 11.5 Å². The monoisotopic (exact) mass is 819 g/mol. The fraction of sp³-hybridized carbons (Fsp3) is 0.375. The van der Waals surface area contributed by atoms with Crippen LogP contribution >= 0.6 is 7.44 Å². The Hall–Kier alpha value is -5.58. The van der Waals surface area contributed by atoms with Gasteiger partial charge in [0.25, 0.3) is 0 Å². The van der Waals surface area contributed by atoms with Crippen LogP contribution in [0.2, 0.25) is 0 Å². The molecule has 5 aromatic rings. The van der Waals surface area contributed by atoms with Crippen LogP contribution in [0.1, 0.15) is 25.0 Å². The lowest BCUT2D eigenvalue weighted by molar-refractivity contribution is -0.145. The molecule has 0 spiro atoms. The highest BCUT2D eigenvalue weighted by Crippen LogP contribution is 2.39. The van der Waals surface area contributed by atoms with E-state index in [9.17, 15) is 14.4 Å². The van der Waals surface area contributed by atoms with Crippen molar-refractivity contribution in [2.24, 2.45) is 0 Å². The summed E-state index contributed by atoms with van der Waals surface area (Å²) in [7, 11) is -2.62. The number of aromatic nitrogens is 4. The van der Waals surface area contributed by atoms with E-state index in [1.807, 2.05) is 66.7 Å². The van der Waals surface area contributed by atoms with Crippen molar-refractivity contribution in [3.63, 3.8) is 0 Å². The van der Waals surface area contributed by atoms with Crippen molar-refractivity contribution in [1.29, 1.82) is 0 Å². The molecule has 3 atom stereocenters. The molecule has 2 aromatic heterocycles. The van der Waals surface area contributed by atoms with Gasteiger partial charge in [-0.1, -0.05) is 78.9 Å². The number of para-hydroxylation sites is 1. The lowest BCUT2D eigenvalue weighted by atomic mass is 10.1. The number of rotatable bonds is 24. The normalized spacial score (nSPS) is 13.1. The van der Waals surface area contributed by atoms with Crippen LogP contribution in [0.3, 0.4) is 0 Å². The summed E-state index contributed by atoms with van der Waals surface area (Å²) in [5.41, 5.74) is 7.46. The summed E-state index contributed by atoms with van der Waals surface area (Å²) in [5, 5.41) is 6.01. The summed E-state index contributed by atoms with van der Waals surface area (Å²) in [6, 6.07) is 24.9. The second-order valence-corrected chi connectivity index (χ2v) is 15.3. The maximum atomic E-state index is 15.4. The van der Waals surface area contributed by atoms with Crippen LogP contribution in [0, 0.1) is 0 Å². The van der Waals surface area contributed by atoms with Crippen molar-refractivity contribution < 1.29 is 42.6 Å². The predicted molar refractivity (Wildman–Crippen MR) is 217 cm³/mol. The molecule has 0 aliphatic heterocycles. The number of hydrogen-bond donors (Lipinski definition) is 4. The van der Waals surface area contributed by atoms with Crippen LogP contribution in [-0.2, 0) is 52.5 Å². The van der Waals surface area contributed by atoms with Crippen LogP contribution < -0.4 is 31.1 Å². The topological polar surface area (TPSA) is 220 Å². The number of nitrogens with one attached hydrogen (secondary N) is 3. The Bertz CT molecular complexity index is 2090. The molecule has 0 unspecified atom stereocenters. The summed E-state index contributed by atoms with van der Waals surface area (Å²) in [4.78, 5) is 51.6. The number of hydrogen-bond acceptors (Lipinski definition) is 13. The molecule has 3 aromatic carbocycles. The number of H-pyrrole nitrogens is 1. The molecule has 0 saturated heterocycles. The van der Waals surface area contributed by atoms with Gasteiger partial charge < -0.3 is 39.1 Å². The number of benzene rings is 3. The molecule has 0 saturated carbocycles. The van der Waals surface area contributed by atoms with Gasteiger partial charge in [-0.15, -0.1) is 0 Å². The van der Waals surface area contributed by atoms with Gasteiger partial charge in [0.05, 0.1) is 26.4 Å². The minimum absolute atomic E-state index is 0.0176. The number of nitrogens with two attached hydrogens (primary N) is 1. The Labute approximate surface area is 336 Å². The van der Waals surface area contributed by atoms with Crippen molar-refractivity contribution in [2.75, 3.05) is 52.2 Å². The smallest absolute Gasteiger partial charge is 0.327 e. The number of carbonyl (C=O) groups excluding carboxylic acids is 2. The first kappa shape index (κ1) is 43.5. The van der Waals surface area contributed by atoms with E-state index in [4.69, 9.17) is 34.2 Å². The maximum Gasteiger partial charge on any atom is 0.327 e. The van der Waals surface area contributed by atoms with Gasteiger partial charge in [-0.3, -0.25) is 18.7 Å². The van der Waals surface area contributed by atoms with E-state index < -0.39 is 49.6 Å². The van der Waals surface area contributed by atoms with Crippen LogP contribution in [-0.4, -0.2) is 96.1 Å². The van der Waals surface area contributed by atoms with Gasteiger partial charge in [-0.2, -0.15) is 9.97 Å². The van der Waals surface area contributed by atoms with Crippen molar-refractivity contribution >= 4 is 36.4 Å². The highest BCUT2D eigenvalue weighted by atomic mass is 31.2. The summed E-state index contributed by atoms with van der Waals surface area (Å²) in [5.74, 6) is -0.813. The van der Waals surface area contributed by atoms with Crippen LogP contribution in [0.4, 0.5) is 5.82 Å². The van der Waals surface area contributed by atoms with Crippen molar-refractivity contribution in [2.45, 2.75) is 51.4 Å². The number of ether oxygens (including phenoxy) is 6. The molecule has 0 fully saturated rings. The maximum absolute atomic E-state index is 15.4. The summed E-state index contributed by atoms with van der Waals surface area (Å²) in [6.07, 6.45) is -1.34. The summed E-state index contributed by atoms with van der Waals surface area (Å²) in [6.45, 7) is 3.60. The number of esters is 2. The molecule has 0 radical (unpaired) electrons. The minimum Gasteiger partial charge on any atom is -0.491 e. The van der Waals surface area contributed by atoms with Crippen LogP contribution in [0.5, 0.6) is 11.8 Å². The Morgan fingerprint density at radius 1 is 0.810 bits per heavy atom. The van der Waals surface area contributed by atoms with E-state index in [1.165, 1.54) is 11.7 Å². The lowest BCUT2D eigenvalue weighted by Gasteiger charge is -2.30. The van der Waals surface area contributed by atoms with Crippen LogP contribution in [0.25, 0.3) is 11.2 Å². The third-order valence-electron chi connectivity index (χ3n) is 8.64. The van der Waals surface area contributed by atoms with Gasteiger partial charge >= 0.3 is 23.6 Å². The van der Waals surface area contributed by atoms with Crippen LogP contribution in [0.15, 0.2) is 95.8 Å². The SMILES string of the molecule is CCOC(=O)[C@H](Cc1ccccc1)NP(=O)(CO[C@@H](COc1ccccc1)Cn1c(=O)[nH]c2c(N)nc(OCCOC)nc21)N[C@@H](Cc1ccccc1)C(=O)OCC. The lowest BCUT2D eigenvalue weighted by Crippen LogP contribution is -2.47. The largest absolute Gasteiger partial charge is 0.491 e. The van der Waals surface area contributed by atoms with Gasteiger partial charge in [-0.25, -0.2) is 15.0 Å². The Morgan fingerprint density at radius 3 is 1.90 bits per heavy atom. The molecule has 5 rings (SSSR count). The highest BCUT2D eigenvalue weighted by molar-refractivity contribution is 7.59. The quantitative estimate of drug-likeness (QED) is 0.0395. The Morgan fingerprint density at radius 2 is 1.36 bits per heavy atom. The molecule has 2 heterocycles. The number of anilines is 1. The van der Waals surface area contributed by atoms with Gasteiger partial charge in [0.1, 0.15) is 49.0 Å². The number of carbonyl (C=O) groups is 2. The first-order valence-corrected chi connectivity index (χ1v) is 20.7. The van der Waals surface area contributed by atoms with E-state index in [0.717, 1.165) is 11.1 Å². The second kappa shape index (κ2) is 21.8. The zero-order valence-electron chi connectivity index (χ0n) is 32.7. The molecular formula is C40H50N7O10P. The number of imidazole rings is 1. The highest BCUT2D eigenvalue weighted by Gasteiger charge is 2.37. The van der Waals surface area contributed by atoms with Crippen molar-refractivity contribution in [1.82, 2.24) is 29.7 Å². The zero-order chi connectivity index (χ0) is 41.3. The first-order chi connectivity index (χ1) is 28.1. The number of aromatic amines is 1. The molecule has 18 heteroatoms. The van der Waals surface area contributed by atoms with E-state index in [-0.39, 0.29) is 75.4 Å². The fourth-order valence-electron chi connectivity index (χ4n) is 5.92. The molecule has 0 bridgehead atoms. The van der Waals surface area contributed by atoms with Gasteiger partial charge in [-0.05, 0) is 49.9 Å². The second-order valence-electron chi connectivity index (χ2n) is 13.0. The molecule has 310 valence electrons. The number of nitrogens with zero attached hydrogens (tertiary/aromatic N) is 3. The van der Waals surface area contributed by atoms with Gasteiger partial charge in [0, 0.05) is 7.11 Å². The molecule has 17 nitrogen and oxygen atoms in total. The Kier molecular flexibility index (Phi) is 16.4. The van der Waals surface area contributed by atoms with Gasteiger partial charge in [0.2, 0.25) is 7.44 Å². The third-order valence-corrected chi connectivity index (χ3v) is 10.6. The number of nitrogen functional groups attached to an aromatic ring is 1. The molecule has 0 aliphatic carbocycles. The van der Waals surface area contributed by atoms with E-state index in [1.54, 1.807) is 38.1 Å². The average molecular weight is 820 g/mol. The summed E-state index contributed by atoms with van der Waals surface area (Å²) >= 11 is 0. The number of fused-ring (bicyclic) bond motifs is 1. The molecule has 58 heavy (non-hydrogen) atoms. The number of methoxy groups -OCH3 is 1. The average Bonchev–Trinajstić information content (AvgIpc) is 3.54. The fourth-order valence-corrected chi connectivity index (χ4v) is 7.96. The third kappa shape index (κ3) is 12.7. The van der Waals surface area contributed by atoms with Crippen molar-refractivity contribution in [3.05, 3.63) is 113 Å². The first-order valence-electron chi connectivity index (χ1n) is 18.8. The predicted octanol–water partition coefficient (Wildman–Crippen LogP) is 3.87. The summed E-state index contributed by atoms with van der Waals surface area (Å²) < 4.78 is 50.6. The minimum atomic E-state index is -4.14. The molecule has 0 aliphatic rings. The van der Waals surface area contributed by atoms with E-state index >= 15 is 4.57 Å². The van der Waals surface area contributed by atoms with E-state index in [2.05, 4.69) is 25.1 Å². The van der Waals surface area contributed by atoms with E-state index in [0.29, 0.717) is 5.75 Å². The zero-order valence-corrected chi connectivity index (χ0v) is 33.6. The molecule has 5 N–H and O–H groups in total. The molecular weight excluding hydrogens is 769 g/mol. The Balaban J connectivity index is 1.51. The van der Waals surface area contributed by atoms with Crippen molar-refractivity contribution in [3.8, 4) is 11.8 Å².